The largest absolute Gasteiger partial charge is 0.433 e. The van der Waals surface area contributed by atoms with Gasteiger partial charge in [0.2, 0.25) is 11.9 Å². The van der Waals surface area contributed by atoms with Crippen molar-refractivity contribution in [1.82, 2.24) is 19.4 Å². The first-order chi connectivity index (χ1) is 21.7. The average Bonchev–Trinajstić information content (AvgIpc) is 3.31. The van der Waals surface area contributed by atoms with E-state index < -0.39 is 22.6 Å². The van der Waals surface area contributed by atoms with E-state index in [0.717, 1.165) is 16.5 Å². The molecule has 4 aromatic rings. The van der Waals surface area contributed by atoms with Gasteiger partial charge in [-0.1, -0.05) is 36.9 Å². The first kappa shape index (κ1) is 35.6. The summed E-state index contributed by atoms with van der Waals surface area (Å²) < 4.78 is 59.8. The van der Waals surface area contributed by atoms with Crippen molar-refractivity contribution in [2.75, 3.05) is 56.0 Å². The van der Waals surface area contributed by atoms with Crippen molar-refractivity contribution in [2.24, 2.45) is 7.05 Å². The van der Waals surface area contributed by atoms with Gasteiger partial charge in [-0.25, -0.2) is 9.97 Å². The van der Waals surface area contributed by atoms with Crippen molar-refractivity contribution < 1.29 is 31.3 Å². The molecule has 2 heterocycles. The summed E-state index contributed by atoms with van der Waals surface area (Å²) in [5.74, 6) is -0.354. The molecule has 0 unspecified atom stereocenters. The van der Waals surface area contributed by atoms with Gasteiger partial charge in [0.05, 0.1) is 29.0 Å². The van der Waals surface area contributed by atoms with Crippen molar-refractivity contribution in [1.29, 1.82) is 0 Å². The third-order valence-corrected chi connectivity index (χ3v) is 6.32. The minimum absolute atomic E-state index is 0.120. The van der Waals surface area contributed by atoms with Gasteiger partial charge in [0, 0.05) is 68.2 Å². The van der Waals surface area contributed by atoms with E-state index in [1.165, 1.54) is 30.4 Å². The second kappa shape index (κ2) is 15.9. The molecule has 15 heteroatoms. The topological polar surface area (TPSA) is 142 Å². The van der Waals surface area contributed by atoms with Gasteiger partial charge in [-0.05, 0) is 32.3 Å². The Hall–Kier alpha value is -4.86. The lowest BCUT2D eigenvalue weighted by Gasteiger charge is -2.26. The van der Waals surface area contributed by atoms with Crippen LogP contribution in [0, 0.1) is 0 Å². The monoisotopic (exact) mass is 657 g/mol. The van der Waals surface area contributed by atoms with Crippen LogP contribution in [-0.2, 0) is 22.0 Å². The maximum atomic E-state index is 13.5. The zero-order valence-corrected chi connectivity index (χ0v) is 26.9. The number of alkyl halides is 2. The van der Waals surface area contributed by atoms with Gasteiger partial charge in [0.25, 0.3) is 10.1 Å². The van der Waals surface area contributed by atoms with Crippen LogP contribution >= 0.6 is 0 Å². The number of ether oxygens (including phenoxy) is 1. The summed E-state index contributed by atoms with van der Waals surface area (Å²) in [5.41, 5.74) is 3.64. The van der Waals surface area contributed by atoms with Crippen LogP contribution < -0.4 is 20.3 Å². The number of amides is 1. The molecular weight excluding hydrogens is 620 g/mol. The van der Waals surface area contributed by atoms with Crippen LogP contribution in [0.5, 0.6) is 5.75 Å². The van der Waals surface area contributed by atoms with Crippen molar-refractivity contribution >= 4 is 49.9 Å². The number of para-hydroxylation sites is 1. The third kappa shape index (κ3) is 10.6. The van der Waals surface area contributed by atoms with Crippen LogP contribution in [0.3, 0.4) is 0 Å². The molecule has 0 fully saturated rings. The molecule has 0 aliphatic carbocycles. The van der Waals surface area contributed by atoms with Crippen LogP contribution in [0.4, 0.5) is 31.8 Å². The van der Waals surface area contributed by atoms with Crippen molar-refractivity contribution in [3.63, 3.8) is 0 Å². The number of hydrogen-bond donors (Lipinski definition) is 3. The number of carbonyl (C=O) groups excluding carboxylic acids is 1. The first-order valence-corrected chi connectivity index (χ1v) is 15.7. The molecule has 3 N–H and O–H groups in total. The van der Waals surface area contributed by atoms with E-state index in [1.54, 1.807) is 12.3 Å². The van der Waals surface area contributed by atoms with E-state index in [0.29, 0.717) is 36.4 Å². The lowest BCUT2D eigenvalue weighted by molar-refractivity contribution is -0.111. The summed E-state index contributed by atoms with van der Waals surface area (Å²) in [6.45, 7) is 1.77. The molecule has 12 nitrogen and oxygen atoms in total. The normalized spacial score (nSPS) is 11.4. The molecule has 4 rings (SSSR count). The second-order valence-corrected chi connectivity index (χ2v) is 11.8. The zero-order valence-electron chi connectivity index (χ0n) is 26.1. The molecule has 0 saturated heterocycles. The Balaban J connectivity index is 0.00000107. The van der Waals surface area contributed by atoms with Gasteiger partial charge in [-0.3, -0.25) is 9.35 Å². The van der Waals surface area contributed by atoms with E-state index in [9.17, 15) is 22.0 Å². The highest BCUT2D eigenvalue weighted by Gasteiger charge is 2.19. The number of allylic oxidation sites excluding steroid dienone is 2. The number of aromatic nitrogens is 3. The number of nitrogens with one attached hydrogen (secondary N) is 2. The Labute approximate surface area is 266 Å². The fraction of sp³-hybridized carbons (Fsp3) is 0.258. The highest BCUT2D eigenvalue weighted by molar-refractivity contribution is 7.85. The lowest BCUT2D eigenvalue weighted by Crippen LogP contribution is -2.29. The molecule has 0 atom stereocenters. The van der Waals surface area contributed by atoms with Gasteiger partial charge >= 0.3 is 6.61 Å². The average molecular weight is 658 g/mol. The Morgan fingerprint density at radius 3 is 2.50 bits per heavy atom. The van der Waals surface area contributed by atoms with Crippen LogP contribution in [0.25, 0.3) is 22.2 Å². The van der Waals surface area contributed by atoms with Gasteiger partial charge in [0.15, 0.2) is 5.75 Å². The minimum Gasteiger partial charge on any atom is -0.433 e. The molecule has 0 aliphatic heterocycles. The van der Waals surface area contributed by atoms with Crippen molar-refractivity contribution in [2.45, 2.75) is 6.61 Å². The van der Waals surface area contributed by atoms with E-state index in [4.69, 9.17) is 9.29 Å². The fourth-order valence-electron chi connectivity index (χ4n) is 4.31. The predicted octanol–water partition coefficient (Wildman–Crippen LogP) is 5.16. The van der Waals surface area contributed by atoms with Gasteiger partial charge in [-0.15, -0.1) is 0 Å². The maximum Gasteiger partial charge on any atom is 0.387 e. The summed E-state index contributed by atoms with van der Waals surface area (Å²) in [5, 5.41) is 6.86. The van der Waals surface area contributed by atoms with Gasteiger partial charge < -0.3 is 29.7 Å². The summed E-state index contributed by atoms with van der Waals surface area (Å²) >= 11 is 0. The molecular formula is C31H37F2N7O5S. The first-order valence-electron chi connectivity index (χ1n) is 13.8. The molecule has 0 aliphatic rings. The quantitative estimate of drug-likeness (QED) is 0.106. The Morgan fingerprint density at radius 1 is 1.15 bits per heavy atom. The number of likely N-dealkylation sites (N-methyl/N-ethyl adjacent to an activating group) is 2. The van der Waals surface area contributed by atoms with Crippen molar-refractivity contribution in [3.05, 3.63) is 79.7 Å². The molecule has 0 radical (unpaired) electrons. The summed E-state index contributed by atoms with van der Waals surface area (Å²) in [6.07, 6.45) is 8.59. The number of halogens is 2. The van der Waals surface area contributed by atoms with E-state index in [2.05, 4.69) is 27.2 Å². The molecule has 2 aromatic heterocycles. The summed E-state index contributed by atoms with van der Waals surface area (Å²) in [4.78, 5) is 25.4. The predicted molar refractivity (Wildman–Crippen MR) is 178 cm³/mol. The van der Waals surface area contributed by atoms with Gasteiger partial charge in [0.1, 0.15) is 0 Å². The van der Waals surface area contributed by atoms with Crippen LogP contribution in [0.15, 0.2) is 79.7 Å². The minimum atomic E-state index is -3.67. The highest BCUT2D eigenvalue weighted by atomic mass is 32.2. The number of anilines is 4. The number of nitrogens with zero attached hydrogens (tertiary/aromatic N) is 5. The fourth-order valence-corrected chi connectivity index (χ4v) is 4.31. The number of fused-ring (bicyclic) bond motifs is 1. The van der Waals surface area contributed by atoms with Crippen LogP contribution in [0.2, 0.25) is 0 Å². The standard InChI is InChI=1S/C30H33F2N7O2.CH4O3S/c1-6-7-12-28(40)34-23-17-24(27(41-29(31)32)18-26(23)38(4)16-15-37(2)3)36-30-33-14-13-22(35-30)21-19-39(5)25-11-9-8-10-20(21)25;1-5(2,3)4/h6-14,17-19,29H,1,15-16H2,2-5H3,(H,34,40)(H,33,35,36);1H3,(H,2,3,4)/b12-7-;. The molecule has 0 bridgehead atoms. The van der Waals surface area contributed by atoms with Gasteiger partial charge in [-0.2, -0.15) is 17.2 Å². The molecule has 1 amide bonds. The smallest absolute Gasteiger partial charge is 0.387 e. The number of aryl methyl sites for hydroxylation is 1. The number of carbonyl (C=O) groups is 1. The van der Waals surface area contributed by atoms with E-state index in [-0.39, 0.29) is 17.4 Å². The number of hydrogen-bond acceptors (Lipinski definition) is 9. The Morgan fingerprint density at radius 2 is 1.85 bits per heavy atom. The Bertz CT molecular complexity index is 1800. The van der Waals surface area contributed by atoms with E-state index in [1.807, 2.05) is 73.0 Å². The third-order valence-electron chi connectivity index (χ3n) is 6.32. The maximum absolute atomic E-state index is 13.5. The zero-order chi connectivity index (χ0) is 34.0. The second-order valence-electron chi connectivity index (χ2n) is 10.3. The summed E-state index contributed by atoms with van der Waals surface area (Å²) in [7, 11) is 3.96. The molecule has 0 spiro atoms. The lowest BCUT2D eigenvalue weighted by atomic mass is 10.1. The van der Waals surface area contributed by atoms with Crippen LogP contribution in [-0.4, -0.2) is 85.4 Å². The summed E-state index contributed by atoms with van der Waals surface area (Å²) in [6, 6.07) is 12.7. The molecule has 2 aromatic carbocycles. The molecule has 246 valence electrons. The number of benzene rings is 2. The van der Waals surface area contributed by atoms with Crippen LogP contribution in [0.1, 0.15) is 0 Å². The highest BCUT2D eigenvalue weighted by Crippen LogP contribution is 2.39. The van der Waals surface area contributed by atoms with E-state index >= 15 is 0 Å². The molecule has 0 saturated carbocycles. The van der Waals surface area contributed by atoms with Crippen molar-refractivity contribution in [3.8, 4) is 17.0 Å². The Kier molecular flexibility index (Phi) is 12.3. The SMILES string of the molecule is C=C/C=C\C(=O)Nc1cc(Nc2nccc(-c3cn(C)c4ccccc34)n2)c(OC(F)F)cc1N(C)CCN(C)C.CS(=O)(=O)O. The number of rotatable bonds is 12. The molecule has 46 heavy (non-hydrogen) atoms.